The first-order valence-electron chi connectivity index (χ1n) is 9.80. The number of hydrogen-bond donors (Lipinski definition) is 1. The summed E-state index contributed by atoms with van der Waals surface area (Å²) in [5.41, 5.74) is -0.223. The number of rotatable bonds is 7. The summed E-state index contributed by atoms with van der Waals surface area (Å²) in [7, 11) is 0. The topological polar surface area (TPSA) is 41.6 Å². The Balaban J connectivity index is 1.94. The van der Waals surface area contributed by atoms with Crippen molar-refractivity contribution in [3.05, 3.63) is 58.6 Å². The van der Waals surface area contributed by atoms with Gasteiger partial charge in [0.1, 0.15) is 12.4 Å². The van der Waals surface area contributed by atoms with Crippen LogP contribution >= 0.6 is 11.6 Å². The van der Waals surface area contributed by atoms with E-state index in [0.717, 1.165) is 31.3 Å². The summed E-state index contributed by atoms with van der Waals surface area (Å²) in [5.74, 6) is 4.88. The summed E-state index contributed by atoms with van der Waals surface area (Å²) in [6, 6.07) is 9.91. The van der Waals surface area contributed by atoms with Gasteiger partial charge >= 0.3 is 12.1 Å². The third kappa shape index (κ3) is 7.50. The minimum atomic E-state index is -4.49. The molecule has 1 unspecified atom stereocenters. The Morgan fingerprint density at radius 3 is 2.35 bits per heavy atom. The number of anilines is 1. The Hall–Kier alpha value is -2.69. The van der Waals surface area contributed by atoms with Gasteiger partial charge in [0, 0.05) is 23.2 Å². The second-order valence-electron chi connectivity index (χ2n) is 6.80. The first kappa shape index (κ1) is 24.6. The number of nitrogens with one attached hydrogen (secondary N) is 1. The molecule has 0 heterocycles. The quantitative estimate of drug-likeness (QED) is 0.567. The van der Waals surface area contributed by atoms with Gasteiger partial charge in [0.15, 0.2) is 0 Å². The molecular weight excluding hydrogens is 429 g/mol. The Bertz CT molecular complexity index is 946. The predicted molar refractivity (Wildman–Crippen MR) is 116 cm³/mol. The highest BCUT2D eigenvalue weighted by atomic mass is 35.5. The Labute approximate surface area is 185 Å². The number of amides is 1. The molecule has 1 atom stereocenters. The van der Waals surface area contributed by atoms with E-state index in [1.165, 1.54) is 0 Å². The largest absolute Gasteiger partial charge is 0.492 e. The van der Waals surface area contributed by atoms with Crippen molar-refractivity contribution in [2.45, 2.75) is 33.0 Å². The van der Waals surface area contributed by atoms with E-state index in [1.54, 1.807) is 24.3 Å². The summed E-state index contributed by atoms with van der Waals surface area (Å²) < 4.78 is 43.8. The summed E-state index contributed by atoms with van der Waals surface area (Å²) >= 11 is 5.84. The second-order valence-corrected chi connectivity index (χ2v) is 7.21. The lowest BCUT2D eigenvalue weighted by atomic mass is 10.1. The molecule has 0 aliphatic heterocycles. The normalized spacial score (nSPS) is 12.1. The van der Waals surface area contributed by atoms with Crippen LogP contribution in [-0.4, -0.2) is 36.5 Å². The fourth-order valence-electron chi connectivity index (χ4n) is 2.88. The predicted octanol–water partition coefficient (Wildman–Crippen LogP) is 5.46. The van der Waals surface area contributed by atoms with E-state index < -0.39 is 17.6 Å². The van der Waals surface area contributed by atoms with Crippen molar-refractivity contribution in [1.82, 2.24) is 4.90 Å². The van der Waals surface area contributed by atoms with Crippen molar-refractivity contribution in [3.8, 4) is 17.6 Å². The molecule has 0 radical (unpaired) electrons. The molecule has 8 heteroatoms. The number of carbonyl (C=O) groups is 1. The van der Waals surface area contributed by atoms with Crippen molar-refractivity contribution in [2.24, 2.45) is 0 Å². The summed E-state index contributed by atoms with van der Waals surface area (Å²) in [6.45, 7) is 8.75. The van der Waals surface area contributed by atoms with Crippen LogP contribution in [0.2, 0.25) is 5.02 Å². The molecule has 0 saturated heterocycles. The SMILES string of the molecule is CCN(CC)C(C)COc1ccc(NC(=O)C#Cc2ccc(C(F)(F)F)cc2Cl)cc1. The maximum Gasteiger partial charge on any atom is 0.416 e. The molecule has 0 saturated carbocycles. The van der Waals surface area contributed by atoms with Gasteiger partial charge in [-0.3, -0.25) is 9.69 Å². The average molecular weight is 453 g/mol. The minimum Gasteiger partial charge on any atom is -0.492 e. The van der Waals surface area contributed by atoms with Crippen molar-refractivity contribution < 1.29 is 22.7 Å². The highest BCUT2D eigenvalue weighted by Gasteiger charge is 2.30. The third-order valence-corrected chi connectivity index (χ3v) is 4.96. The average Bonchev–Trinajstić information content (AvgIpc) is 2.72. The first-order chi connectivity index (χ1) is 14.6. The van der Waals surface area contributed by atoms with Gasteiger partial charge < -0.3 is 10.1 Å². The number of alkyl halides is 3. The van der Waals surface area contributed by atoms with Crippen LogP contribution in [0, 0.1) is 11.8 Å². The molecule has 1 amide bonds. The summed E-state index contributed by atoms with van der Waals surface area (Å²) in [5, 5.41) is 2.43. The molecule has 0 fully saturated rings. The number of hydrogen-bond acceptors (Lipinski definition) is 3. The van der Waals surface area contributed by atoms with E-state index in [1.807, 2.05) is 0 Å². The minimum absolute atomic E-state index is 0.135. The molecule has 0 aliphatic rings. The van der Waals surface area contributed by atoms with E-state index >= 15 is 0 Å². The van der Waals surface area contributed by atoms with Crippen LogP contribution in [0.25, 0.3) is 0 Å². The third-order valence-electron chi connectivity index (χ3n) is 4.65. The van der Waals surface area contributed by atoms with Crippen LogP contribution in [0.15, 0.2) is 42.5 Å². The smallest absolute Gasteiger partial charge is 0.416 e. The van der Waals surface area contributed by atoms with Crippen LogP contribution in [0.4, 0.5) is 18.9 Å². The summed E-state index contributed by atoms with van der Waals surface area (Å²) in [6.07, 6.45) is -4.49. The Morgan fingerprint density at radius 1 is 1.16 bits per heavy atom. The molecule has 0 aromatic heterocycles. The van der Waals surface area contributed by atoms with Crippen molar-refractivity contribution in [1.29, 1.82) is 0 Å². The zero-order valence-corrected chi connectivity index (χ0v) is 18.3. The fourth-order valence-corrected chi connectivity index (χ4v) is 3.11. The van der Waals surface area contributed by atoms with E-state index in [0.29, 0.717) is 18.0 Å². The molecule has 2 aromatic rings. The molecule has 2 aromatic carbocycles. The van der Waals surface area contributed by atoms with Crippen molar-refractivity contribution >= 4 is 23.2 Å². The molecule has 2 rings (SSSR count). The van der Waals surface area contributed by atoms with E-state index in [-0.39, 0.29) is 16.6 Å². The second kappa shape index (κ2) is 11.1. The van der Waals surface area contributed by atoms with Gasteiger partial charge in [0.25, 0.3) is 0 Å². The Kier molecular flexibility index (Phi) is 8.78. The monoisotopic (exact) mass is 452 g/mol. The molecule has 0 bridgehead atoms. The van der Waals surface area contributed by atoms with Crippen molar-refractivity contribution in [2.75, 3.05) is 25.0 Å². The number of ether oxygens (including phenoxy) is 1. The van der Waals surface area contributed by atoms with Crippen LogP contribution in [0.5, 0.6) is 5.75 Å². The van der Waals surface area contributed by atoms with Gasteiger partial charge in [-0.25, -0.2) is 0 Å². The lowest BCUT2D eigenvalue weighted by molar-refractivity contribution is -0.137. The molecule has 1 N–H and O–H groups in total. The summed E-state index contributed by atoms with van der Waals surface area (Å²) in [4.78, 5) is 14.3. The molecule has 31 heavy (non-hydrogen) atoms. The number of halogens is 4. The zero-order valence-electron chi connectivity index (χ0n) is 17.5. The van der Waals surface area contributed by atoms with Gasteiger partial charge in [-0.15, -0.1) is 0 Å². The maximum atomic E-state index is 12.7. The van der Waals surface area contributed by atoms with E-state index in [4.69, 9.17) is 16.3 Å². The molecular formula is C23H24ClF3N2O2. The molecule has 0 spiro atoms. The van der Waals surface area contributed by atoms with Crippen LogP contribution < -0.4 is 10.1 Å². The first-order valence-corrected chi connectivity index (χ1v) is 10.2. The van der Waals surface area contributed by atoms with Gasteiger partial charge in [-0.1, -0.05) is 31.4 Å². The fraction of sp³-hybridized carbons (Fsp3) is 0.348. The van der Waals surface area contributed by atoms with E-state index in [2.05, 4.69) is 42.8 Å². The number of nitrogens with zero attached hydrogens (tertiary/aromatic N) is 1. The van der Waals surface area contributed by atoms with Gasteiger partial charge in [0.2, 0.25) is 0 Å². The van der Waals surface area contributed by atoms with Crippen LogP contribution in [0.3, 0.4) is 0 Å². The zero-order chi connectivity index (χ0) is 23.0. The number of carbonyl (C=O) groups excluding carboxylic acids is 1. The molecule has 4 nitrogen and oxygen atoms in total. The highest BCUT2D eigenvalue weighted by molar-refractivity contribution is 6.31. The van der Waals surface area contributed by atoms with E-state index in [9.17, 15) is 18.0 Å². The van der Waals surface area contributed by atoms with Gasteiger partial charge in [-0.2, -0.15) is 13.2 Å². The standard InChI is InChI=1S/C23H24ClF3N2O2/c1-4-29(5-2)16(3)15-31-20-11-9-19(10-12-20)28-22(30)13-7-17-6-8-18(14-21(17)24)23(25,26)27/h6,8-12,14,16H,4-5,15H2,1-3H3,(H,28,30). The lowest BCUT2D eigenvalue weighted by Crippen LogP contribution is -2.36. The number of benzene rings is 2. The van der Waals surface area contributed by atoms with Gasteiger partial charge in [-0.05, 0) is 62.5 Å². The maximum absolute atomic E-state index is 12.7. The number of likely N-dealkylation sites (N-methyl/N-ethyl adjacent to an activating group) is 1. The lowest BCUT2D eigenvalue weighted by Gasteiger charge is -2.26. The van der Waals surface area contributed by atoms with Crippen LogP contribution in [-0.2, 0) is 11.0 Å². The molecule has 166 valence electrons. The molecule has 0 aliphatic carbocycles. The highest BCUT2D eigenvalue weighted by Crippen LogP contribution is 2.31. The van der Waals surface area contributed by atoms with Crippen molar-refractivity contribution in [3.63, 3.8) is 0 Å². The van der Waals surface area contributed by atoms with Gasteiger partial charge in [0.05, 0.1) is 10.6 Å². The van der Waals surface area contributed by atoms with Crippen LogP contribution in [0.1, 0.15) is 31.9 Å². The Morgan fingerprint density at radius 2 is 1.81 bits per heavy atom.